The third-order valence-electron chi connectivity index (χ3n) is 6.00. The number of hydrogen-bond acceptors (Lipinski definition) is 4. The zero-order chi connectivity index (χ0) is 20.0. The smallest absolute Gasteiger partial charge is 0.295 e. The Morgan fingerprint density at radius 3 is 2.43 bits per heavy atom. The summed E-state index contributed by atoms with van der Waals surface area (Å²) in [5.74, 6) is -1.10. The average molecular weight is 396 g/mol. The Kier molecular flexibility index (Phi) is 4.88. The third-order valence-corrected chi connectivity index (χ3v) is 7.07. The van der Waals surface area contributed by atoms with E-state index < -0.39 is 17.7 Å². The second-order valence-corrected chi connectivity index (χ2v) is 8.88. The van der Waals surface area contributed by atoms with Crippen LogP contribution in [0.25, 0.3) is 5.76 Å². The Labute approximate surface area is 169 Å². The average Bonchev–Trinajstić information content (AvgIpc) is 3.38. The van der Waals surface area contributed by atoms with E-state index in [1.165, 1.54) is 0 Å². The van der Waals surface area contributed by atoms with Crippen LogP contribution < -0.4 is 0 Å². The molecule has 2 aliphatic rings. The SMILES string of the molecule is Cc1ccc(C)c(/C(O)=C2\C(=O)C(=O)N(C3CCCC3)C2c2sccc2C)c1. The summed E-state index contributed by atoms with van der Waals surface area (Å²) >= 11 is 1.55. The number of rotatable bonds is 3. The number of amides is 1. The van der Waals surface area contributed by atoms with Crippen LogP contribution in [0.3, 0.4) is 0 Å². The summed E-state index contributed by atoms with van der Waals surface area (Å²) in [7, 11) is 0. The predicted octanol–water partition coefficient (Wildman–Crippen LogP) is 5.04. The lowest BCUT2D eigenvalue weighted by atomic mass is 9.95. The van der Waals surface area contributed by atoms with Crippen LogP contribution in [0.5, 0.6) is 0 Å². The van der Waals surface area contributed by atoms with E-state index >= 15 is 0 Å². The van der Waals surface area contributed by atoms with Crippen molar-refractivity contribution >= 4 is 28.8 Å². The molecule has 0 bridgehead atoms. The lowest BCUT2D eigenvalue weighted by molar-refractivity contribution is -0.141. The van der Waals surface area contributed by atoms with Gasteiger partial charge in [0.05, 0.1) is 5.57 Å². The molecule has 1 aliphatic carbocycles. The van der Waals surface area contributed by atoms with Crippen LogP contribution in [0.4, 0.5) is 0 Å². The van der Waals surface area contributed by atoms with Gasteiger partial charge in [-0.1, -0.05) is 30.5 Å². The number of likely N-dealkylation sites (tertiary alicyclic amines) is 1. The first kappa shape index (κ1) is 18.9. The molecule has 28 heavy (non-hydrogen) atoms. The molecule has 2 fully saturated rings. The molecule has 146 valence electrons. The molecule has 1 saturated carbocycles. The van der Waals surface area contributed by atoms with E-state index in [1.807, 2.05) is 50.4 Å². The van der Waals surface area contributed by atoms with Crippen molar-refractivity contribution in [2.45, 2.75) is 58.5 Å². The van der Waals surface area contributed by atoms with Gasteiger partial charge in [-0.05, 0) is 62.3 Å². The quantitative estimate of drug-likeness (QED) is 0.450. The van der Waals surface area contributed by atoms with Gasteiger partial charge in [0.2, 0.25) is 0 Å². The van der Waals surface area contributed by atoms with Crippen molar-refractivity contribution in [2.24, 2.45) is 0 Å². The fourth-order valence-corrected chi connectivity index (χ4v) is 5.50. The first-order valence-corrected chi connectivity index (χ1v) is 10.7. The number of hydrogen-bond donors (Lipinski definition) is 1. The maximum Gasteiger partial charge on any atom is 0.295 e. The summed E-state index contributed by atoms with van der Waals surface area (Å²) in [4.78, 5) is 28.9. The van der Waals surface area contributed by atoms with Crippen LogP contribution in [0, 0.1) is 20.8 Å². The Morgan fingerprint density at radius 1 is 1.07 bits per heavy atom. The van der Waals surface area contributed by atoms with Crippen LogP contribution in [-0.2, 0) is 9.59 Å². The van der Waals surface area contributed by atoms with E-state index in [4.69, 9.17) is 0 Å². The second-order valence-electron chi connectivity index (χ2n) is 7.93. The lowest BCUT2D eigenvalue weighted by Crippen LogP contribution is -2.37. The van der Waals surface area contributed by atoms with E-state index in [9.17, 15) is 14.7 Å². The van der Waals surface area contributed by atoms with Crippen LogP contribution in [-0.4, -0.2) is 27.7 Å². The van der Waals surface area contributed by atoms with Crippen molar-refractivity contribution in [1.29, 1.82) is 0 Å². The van der Waals surface area contributed by atoms with E-state index in [-0.39, 0.29) is 17.4 Å². The number of nitrogens with zero attached hydrogens (tertiary/aromatic N) is 1. The number of benzene rings is 1. The van der Waals surface area contributed by atoms with Gasteiger partial charge in [-0.3, -0.25) is 9.59 Å². The number of carbonyl (C=O) groups is 2. The van der Waals surface area contributed by atoms with E-state index in [2.05, 4.69) is 0 Å². The highest BCUT2D eigenvalue weighted by molar-refractivity contribution is 7.10. The summed E-state index contributed by atoms with van der Waals surface area (Å²) in [6, 6.07) is 7.36. The van der Waals surface area contributed by atoms with Gasteiger partial charge in [-0.15, -0.1) is 11.3 Å². The lowest BCUT2D eigenvalue weighted by Gasteiger charge is -2.30. The Morgan fingerprint density at radius 2 is 1.79 bits per heavy atom. The minimum atomic E-state index is -0.567. The maximum atomic E-state index is 13.1. The predicted molar refractivity (Wildman–Crippen MR) is 111 cm³/mol. The molecule has 1 aromatic carbocycles. The first-order chi connectivity index (χ1) is 13.4. The van der Waals surface area contributed by atoms with Crippen molar-refractivity contribution in [3.63, 3.8) is 0 Å². The molecule has 0 spiro atoms. The van der Waals surface area contributed by atoms with Gasteiger partial charge in [0.15, 0.2) is 0 Å². The Bertz CT molecular complexity index is 981. The molecule has 1 unspecified atom stereocenters. The highest BCUT2D eigenvalue weighted by Gasteiger charge is 2.50. The van der Waals surface area contributed by atoms with Gasteiger partial charge in [0.25, 0.3) is 11.7 Å². The standard InChI is InChI=1S/C23H25NO3S/c1-13-8-9-14(2)17(12-13)20(25)18-19(22-15(3)10-11-28-22)24(23(27)21(18)26)16-6-4-5-7-16/h8-12,16,19,25H,4-7H2,1-3H3/b20-18+. The molecular weight excluding hydrogens is 370 g/mol. The van der Waals surface area contributed by atoms with Gasteiger partial charge < -0.3 is 10.0 Å². The van der Waals surface area contributed by atoms with E-state index in [0.717, 1.165) is 47.3 Å². The minimum absolute atomic E-state index is 0.0575. The number of Topliss-reactive ketones (excluding diaryl/α,β-unsaturated/α-hetero) is 1. The van der Waals surface area contributed by atoms with Crippen LogP contribution in [0.15, 0.2) is 35.2 Å². The molecule has 1 amide bonds. The molecule has 2 heterocycles. The summed E-state index contributed by atoms with van der Waals surface area (Å²) in [5, 5.41) is 13.2. The fourth-order valence-electron chi connectivity index (χ4n) is 4.47. The number of ketones is 1. The van der Waals surface area contributed by atoms with Gasteiger partial charge in [-0.25, -0.2) is 0 Å². The normalized spacial score (nSPS) is 22.4. The molecule has 1 atom stereocenters. The molecule has 5 heteroatoms. The molecule has 4 rings (SSSR count). The van der Waals surface area contributed by atoms with Crippen LogP contribution in [0.2, 0.25) is 0 Å². The minimum Gasteiger partial charge on any atom is -0.507 e. The molecule has 1 saturated heterocycles. The van der Waals surface area contributed by atoms with Crippen molar-refractivity contribution in [1.82, 2.24) is 4.90 Å². The van der Waals surface area contributed by atoms with Crippen molar-refractivity contribution in [2.75, 3.05) is 0 Å². The third kappa shape index (κ3) is 2.98. The second kappa shape index (κ2) is 7.21. The number of carbonyl (C=O) groups excluding carboxylic acids is 2. The molecule has 1 N–H and O–H groups in total. The monoisotopic (exact) mass is 395 g/mol. The van der Waals surface area contributed by atoms with Gasteiger partial charge in [0, 0.05) is 16.5 Å². The molecular formula is C23H25NO3S. The maximum absolute atomic E-state index is 13.1. The van der Waals surface area contributed by atoms with Crippen molar-refractivity contribution < 1.29 is 14.7 Å². The zero-order valence-electron chi connectivity index (χ0n) is 16.5. The van der Waals surface area contributed by atoms with Gasteiger partial charge in [0.1, 0.15) is 11.8 Å². The summed E-state index contributed by atoms with van der Waals surface area (Å²) in [5.41, 5.74) is 3.80. The number of thiophene rings is 1. The van der Waals surface area contributed by atoms with Crippen LogP contribution in [0.1, 0.15) is 58.9 Å². The van der Waals surface area contributed by atoms with Crippen LogP contribution >= 0.6 is 11.3 Å². The largest absolute Gasteiger partial charge is 0.507 e. The zero-order valence-corrected chi connectivity index (χ0v) is 17.3. The van der Waals surface area contributed by atoms with Crippen molar-refractivity contribution in [3.05, 3.63) is 62.3 Å². The molecule has 4 nitrogen and oxygen atoms in total. The number of aliphatic hydroxyl groups is 1. The summed E-state index contributed by atoms with van der Waals surface area (Å²) in [6.07, 6.45) is 3.97. The molecule has 2 aromatic rings. The summed E-state index contributed by atoms with van der Waals surface area (Å²) < 4.78 is 0. The molecule has 1 aromatic heterocycles. The van der Waals surface area contributed by atoms with E-state index in [0.29, 0.717) is 5.56 Å². The highest BCUT2D eigenvalue weighted by atomic mass is 32.1. The molecule has 0 radical (unpaired) electrons. The Balaban J connectivity index is 1.93. The molecule has 1 aliphatic heterocycles. The highest BCUT2D eigenvalue weighted by Crippen LogP contribution is 2.46. The topological polar surface area (TPSA) is 57.6 Å². The number of aliphatic hydroxyl groups excluding tert-OH is 1. The van der Waals surface area contributed by atoms with E-state index in [1.54, 1.807) is 16.2 Å². The summed E-state index contributed by atoms with van der Waals surface area (Å²) in [6.45, 7) is 5.86. The fraction of sp³-hybridized carbons (Fsp3) is 0.391. The Hall–Kier alpha value is -2.40. The van der Waals surface area contributed by atoms with Crippen molar-refractivity contribution in [3.8, 4) is 0 Å². The van der Waals surface area contributed by atoms with Gasteiger partial charge in [-0.2, -0.15) is 0 Å². The van der Waals surface area contributed by atoms with Gasteiger partial charge >= 0.3 is 0 Å². The number of aryl methyl sites for hydroxylation is 3. The first-order valence-electron chi connectivity index (χ1n) is 9.82.